The molecule has 1 aromatic heterocycles. The molecule has 0 radical (unpaired) electrons. The predicted molar refractivity (Wildman–Crippen MR) is 80.9 cm³/mol. The van der Waals surface area contributed by atoms with Crippen LogP contribution in [0.2, 0.25) is 0 Å². The highest BCUT2D eigenvalue weighted by Gasteiger charge is 2.13. The summed E-state index contributed by atoms with van der Waals surface area (Å²) >= 11 is 0. The maximum absolute atomic E-state index is 4.48. The first kappa shape index (κ1) is 15.5. The van der Waals surface area contributed by atoms with Gasteiger partial charge in [-0.05, 0) is 19.3 Å². The van der Waals surface area contributed by atoms with Gasteiger partial charge in [-0.15, -0.1) is 0 Å². The van der Waals surface area contributed by atoms with Crippen molar-refractivity contribution in [3.8, 4) is 0 Å². The Morgan fingerprint density at radius 2 is 1.58 bits per heavy atom. The highest BCUT2D eigenvalue weighted by atomic mass is 15.3. The van der Waals surface area contributed by atoms with Gasteiger partial charge in [0.1, 0.15) is 0 Å². The van der Waals surface area contributed by atoms with Gasteiger partial charge in [0.25, 0.3) is 0 Å². The van der Waals surface area contributed by atoms with Gasteiger partial charge in [-0.25, -0.2) is 0 Å². The first-order chi connectivity index (χ1) is 8.89. The van der Waals surface area contributed by atoms with Crippen LogP contribution in [0.3, 0.4) is 0 Å². The van der Waals surface area contributed by atoms with Gasteiger partial charge < -0.3 is 15.5 Å². The molecule has 0 aromatic carbocycles. The van der Waals surface area contributed by atoms with Crippen LogP contribution in [0.15, 0.2) is 0 Å². The molecule has 108 valence electrons. The molecule has 1 rings (SSSR count). The van der Waals surface area contributed by atoms with Crippen LogP contribution in [0.4, 0.5) is 17.8 Å². The zero-order chi connectivity index (χ0) is 14.5. The Morgan fingerprint density at radius 1 is 1.00 bits per heavy atom. The van der Waals surface area contributed by atoms with Crippen LogP contribution in [0, 0.1) is 5.41 Å². The number of nitrogens with one attached hydrogen (secondary N) is 2. The smallest absolute Gasteiger partial charge is 0.231 e. The Balaban J connectivity index is 2.95. The highest BCUT2D eigenvalue weighted by Crippen LogP contribution is 2.16. The van der Waals surface area contributed by atoms with Crippen LogP contribution >= 0.6 is 0 Å². The third-order valence-corrected chi connectivity index (χ3v) is 2.67. The Bertz CT molecular complexity index is 395. The lowest BCUT2D eigenvalue weighted by Crippen LogP contribution is -2.26. The van der Waals surface area contributed by atoms with E-state index in [0.717, 1.165) is 19.6 Å². The van der Waals surface area contributed by atoms with Crippen molar-refractivity contribution in [1.82, 2.24) is 15.0 Å². The summed E-state index contributed by atoms with van der Waals surface area (Å²) in [5, 5.41) is 6.25. The third-order valence-electron chi connectivity index (χ3n) is 2.67. The van der Waals surface area contributed by atoms with Crippen molar-refractivity contribution in [2.75, 3.05) is 42.2 Å². The number of hydrogen-bond acceptors (Lipinski definition) is 6. The summed E-state index contributed by atoms with van der Waals surface area (Å²) in [6.07, 6.45) is 0. The van der Waals surface area contributed by atoms with Crippen molar-refractivity contribution >= 4 is 17.8 Å². The second-order valence-electron chi connectivity index (χ2n) is 5.62. The van der Waals surface area contributed by atoms with E-state index >= 15 is 0 Å². The predicted octanol–water partition coefficient (Wildman–Crippen LogP) is 2.22. The Kier molecular flexibility index (Phi) is 5.32. The topological polar surface area (TPSA) is 66.0 Å². The third kappa shape index (κ3) is 4.89. The van der Waals surface area contributed by atoms with Crippen LogP contribution in [0.1, 0.15) is 34.6 Å². The first-order valence-corrected chi connectivity index (χ1v) is 6.82. The first-order valence-electron chi connectivity index (χ1n) is 6.82. The molecule has 0 aliphatic carbocycles. The summed E-state index contributed by atoms with van der Waals surface area (Å²) in [5.74, 6) is 1.92. The van der Waals surface area contributed by atoms with Crippen molar-refractivity contribution < 1.29 is 0 Å². The zero-order valence-corrected chi connectivity index (χ0v) is 12.9. The number of anilines is 3. The molecule has 0 unspecified atom stereocenters. The molecule has 0 saturated heterocycles. The molecule has 0 aliphatic heterocycles. The molecule has 0 aliphatic rings. The molecule has 0 bridgehead atoms. The summed E-state index contributed by atoms with van der Waals surface area (Å²) in [6, 6.07) is 0. The Hall–Kier alpha value is -1.59. The second-order valence-corrected chi connectivity index (χ2v) is 5.62. The molecule has 6 nitrogen and oxygen atoms in total. The van der Waals surface area contributed by atoms with Gasteiger partial charge in [0.2, 0.25) is 17.8 Å². The lowest BCUT2D eigenvalue weighted by molar-refractivity contribution is 0.441. The molecular formula is C13H26N6. The van der Waals surface area contributed by atoms with E-state index in [0.29, 0.717) is 17.8 Å². The van der Waals surface area contributed by atoms with Gasteiger partial charge in [0, 0.05) is 26.7 Å². The van der Waals surface area contributed by atoms with Crippen molar-refractivity contribution in [2.24, 2.45) is 5.41 Å². The van der Waals surface area contributed by atoms with E-state index in [1.807, 2.05) is 7.05 Å². The van der Waals surface area contributed by atoms with E-state index in [2.05, 4.69) is 65.1 Å². The maximum Gasteiger partial charge on any atom is 0.231 e. The molecule has 1 aromatic rings. The van der Waals surface area contributed by atoms with E-state index in [4.69, 9.17) is 0 Å². The normalized spacial score (nSPS) is 11.3. The summed E-state index contributed by atoms with van der Waals surface area (Å²) in [5.41, 5.74) is 0.182. The highest BCUT2D eigenvalue weighted by molar-refractivity contribution is 5.43. The minimum atomic E-state index is 0.182. The summed E-state index contributed by atoms with van der Waals surface area (Å²) in [4.78, 5) is 15.3. The van der Waals surface area contributed by atoms with E-state index in [1.165, 1.54) is 0 Å². The molecular weight excluding hydrogens is 240 g/mol. The molecule has 2 N–H and O–H groups in total. The van der Waals surface area contributed by atoms with Crippen molar-refractivity contribution in [1.29, 1.82) is 0 Å². The Labute approximate surface area is 116 Å². The van der Waals surface area contributed by atoms with Crippen molar-refractivity contribution in [3.63, 3.8) is 0 Å². The molecule has 0 amide bonds. The summed E-state index contributed by atoms with van der Waals surface area (Å²) in [7, 11) is 1.81. The van der Waals surface area contributed by atoms with Gasteiger partial charge in [-0.3, -0.25) is 0 Å². The second kappa shape index (κ2) is 6.54. The van der Waals surface area contributed by atoms with Gasteiger partial charge in [-0.2, -0.15) is 15.0 Å². The largest absolute Gasteiger partial charge is 0.357 e. The van der Waals surface area contributed by atoms with Gasteiger partial charge in [-0.1, -0.05) is 20.8 Å². The van der Waals surface area contributed by atoms with E-state index in [-0.39, 0.29) is 5.41 Å². The number of hydrogen-bond donors (Lipinski definition) is 2. The fraction of sp³-hybridized carbons (Fsp3) is 0.769. The lowest BCUT2D eigenvalue weighted by atomic mass is 9.97. The molecule has 1 heterocycles. The quantitative estimate of drug-likeness (QED) is 0.823. The molecule has 19 heavy (non-hydrogen) atoms. The van der Waals surface area contributed by atoms with Crippen LogP contribution in [0.25, 0.3) is 0 Å². The average Bonchev–Trinajstić information content (AvgIpc) is 2.37. The van der Waals surface area contributed by atoms with Gasteiger partial charge >= 0.3 is 0 Å². The van der Waals surface area contributed by atoms with E-state index in [9.17, 15) is 0 Å². The molecule has 6 heteroatoms. The number of nitrogens with zero attached hydrogens (tertiary/aromatic N) is 4. The molecule has 0 fully saturated rings. The Morgan fingerprint density at radius 3 is 2.05 bits per heavy atom. The average molecular weight is 266 g/mol. The van der Waals surface area contributed by atoms with Gasteiger partial charge in [0.15, 0.2) is 0 Å². The monoisotopic (exact) mass is 266 g/mol. The number of rotatable bonds is 6. The zero-order valence-electron chi connectivity index (χ0n) is 12.9. The van der Waals surface area contributed by atoms with Crippen LogP contribution in [-0.4, -0.2) is 41.6 Å². The van der Waals surface area contributed by atoms with Crippen LogP contribution in [0.5, 0.6) is 0 Å². The minimum Gasteiger partial charge on any atom is -0.357 e. The summed E-state index contributed by atoms with van der Waals surface area (Å²) in [6.45, 7) is 13.3. The maximum atomic E-state index is 4.48. The molecule has 0 spiro atoms. The molecule has 0 atom stereocenters. The minimum absolute atomic E-state index is 0.182. The van der Waals surface area contributed by atoms with E-state index < -0.39 is 0 Å². The van der Waals surface area contributed by atoms with Crippen molar-refractivity contribution in [2.45, 2.75) is 34.6 Å². The van der Waals surface area contributed by atoms with Crippen LogP contribution < -0.4 is 15.5 Å². The lowest BCUT2D eigenvalue weighted by Gasteiger charge is -2.21. The van der Waals surface area contributed by atoms with Crippen LogP contribution in [-0.2, 0) is 0 Å². The fourth-order valence-electron chi connectivity index (χ4n) is 1.55. The van der Waals surface area contributed by atoms with Crippen molar-refractivity contribution in [3.05, 3.63) is 0 Å². The SMILES string of the molecule is CCN(CC)c1nc(NC)nc(NCC(C)(C)C)n1. The molecule has 0 saturated carbocycles. The summed E-state index contributed by atoms with van der Waals surface area (Å²) < 4.78 is 0. The number of aromatic nitrogens is 3. The fourth-order valence-corrected chi connectivity index (χ4v) is 1.55. The van der Waals surface area contributed by atoms with E-state index in [1.54, 1.807) is 0 Å². The van der Waals surface area contributed by atoms with Gasteiger partial charge in [0.05, 0.1) is 0 Å². The standard InChI is InChI=1S/C13H26N6/c1-7-19(8-2)12-17-10(14-6)16-11(18-12)15-9-13(3,4)5/h7-9H2,1-6H3,(H2,14,15,16,17,18).